The molecular formula is C17H19NO3. The van der Waals surface area contributed by atoms with E-state index in [1.165, 1.54) is 0 Å². The smallest absolute Gasteiger partial charge is 0.255 e. The number of furan rings is 1. The summed E-state index contributed by atoms with van der Waals surface area (Å²) in [6, 6.07) is 11.4. The van der Waals surface area contributed by atoms with E-state index in [-0.39, 0.29) is 12.5 Å². The topological polar surface area (TPSA) is 62.5 Å². The molecule has 0 aliphatic heterocycles. The maximum atomic E-state index is 12.2. The van der Waals surface area contributed by atoms with Crippen molar-refractivity contribution in [2.45, 2.75) is 20.4 Å². The molecule has 1 amide bonds. The molecule has 0 saturated heterocycles. The molecule has 0 aliphatic carbocycles. The number of aliphatic hydroxyl groups excluding tert-OH is 1. The summed E-state index contributed by atoms with van der Waals surface area (Å²) >= 11 is 0. The predicted molar refractivity (Wildman–Crippen MR) is 81.8 cm³/mol. The van der Waals surface area contributed by atoms with Crippen molar-refractivity contribution in [3.05, 3.63) is 64.6 Å². The van der Waals surface area contributed by atoms with E-state index >= 15 is 0 Å². The van der Waals surface area contributed by atoms with Crippen molar-refractivity contribution in [1.29, 1.82) is 0 Å². The van der Waals surface area contributed by atoms with E-state index in [1.807, 2.05) is 30.3 Å². The summed E-state index contributed by atoms with van der Waals surface area (Å²) in [4.78, 5) is 12.2. The van der Waals surface area contributed by atoms with Gasteiger partial charge in [0.25, 0.3) is 5.91 Å². The van der Waals surface area contributed by atoms with Crippen molar-refractivity contribution in [3.8, 4) is 0 Å². The fourth-order valence-electron chi connectivity index (χ4n) is 1.96. The molecule has 21 heavy (non-hydrogen) atoms. The van der Waals surface area contributed by atoms with Crippen LogP contribution in [-0.4, -0.2) is 17.6 Å². The lowest BCUT2D eigenvalue weighted by Gasteiger charge is -2.03. The van der Waals surface area contributed by atoms with Crippen LogP contribution in [0, 0.1) is 6.92 Å². The molecule has 0 saturated carbocycles. The second-order valence-electron chi connectivity index (χ2n) is 4.94. The van der Waals surface area contributed by atoms with Crippen LogP contribution in [0.4, 0.5) is 0 Å². The van der Waals surface area contributed by atoms with Gasteiger partial charge >= 0.3 is 0 Å². The van der Waals surface area contributed by atoms with Gasteiger partial charge in [-0.15, -0.1) is 0 Å². The Kier molecular flexibility index (Phi) is 4.95. The minimum absolute atomic E-state index is 0.0325. The summed E-state index contributed by atoms with van der Waals surface area (Å²) in [5.74, 6) is 0.975. The molecule has 0 fully saturated rings. The first-order valence-electron chi connectivity index (χ1n) is 6.80. The first kappa shape index (κ1) is 15.1. The number of hydrogen-bond acceptors (Lipinski definition) is 3. The molecule has 4 heteroatoms. The third-order valence-electron chi connectivity index (χ3n) is 3.12. The van der Waals surface area contributed by atoms with Gasteiger partial charge in [0.05, 0.1) is 12.2 Å². The first-order valence-corrected chi connectivity index (χ1v) is 6.80. The molecule has 0 aliphatic rings. The van der Waals surface area contributed by atoms with Crippen molar-refractivity contribution >= 4 is 12.0 Å². The second-order valence-corrected chi connectivity index (χ2v) is 4.94. The van der Waals surface area contributed by atoms with Crippen molar-refractivity contribution in [1.82, 2.24) is 5.32 Å². The highest BCUT2D eigenvalue weighted by atomic mass is 16.3. The van der Waals surface area contributed by atoms with E-state index < -0.39 is 0 Å². The van der Waals surface area contributed by atoms with Gasteiger partial charge in [-0.3, -0.25) is 4.79 Å². The standard InChI is InChI=1S/C17H19NO3/c1-12(11-19)8-15-9-16(13(2)21-15)17(20)18-10-14-6-4-3-5-7-14/h3-9,19H,10-11H2,1-2H3,(H,18,20). The molecule has 0 spiro atoms. The van der Waals surface area contributed by atoms with Crippen molar-refractivity contribution < 1.29 is 14.3 Å². The zero-order chi connectivity index (χ0) is 15.2. The molecular weight excluding hydrogens is 266 g/mol. The van der Waals surface area contributed by atoms with Crippen LogP contribution in [0.25, 0.3) is 6.08 Å². The number of hydrogen-bond donors (Lipinski definition) is 2. The fraction of sp³-hybridized carbons (Fsp3) is 0.235. The molecule has 1 aromatic heterocycles. The van der Waals surface area contributed by atoms with Gasteiger partial charge in [-0.25, -0.2) is 0 Å². The summed E-state index contributed by atoms with van der Waals surface area (Å²) < 4.78 is 5.51. The van der Waals surface area contributed by atoms with Gasteiger partial charge in [0.15, 0.2) is 0 Å². The third-order valence-corrected chi connectivity index (χ3v) is 3.12. The van der Waals surface area contributed by atoms with E-state index in [9.17, 15) is 4.79 Å². The van der Waals surface area contributed by atoms with Crippen molar-refractivity contribution in [2.24, 2.45) is 0 Å². The van der Waals surface area contributed by atoms with Crippen molar-refractivity contribution in [2.75, 3.05) is 6.61 Å². The molecule has 0 radical (unpaired) electrons. The molecule has 1 heterocycles. The highest BCUT2D eigenvalue weighted by Gasteiger charge is 2.13. The number of amides is 1. The fourth-order valence-corrected chi connectivity index (χ4v) is 1.96. The van der Waals surface area contributed by atoms with Crippen LogP contribution in [0.3, 0.4) is 0 Å². The van der Waals surface area contributed by atoms with Crippen LogP contribution < -0.4 is 5.32 Å². The average molecular weight is 285 g/mol. The Bertz CT molecular complexity index is 641. The Morgan fingerprint density at radius 3 is 2.71 bits per heavy atom. The van der Waals surface area contributed by atoms with Gasteiger partial charge in [-0.05, 0) is 37.1 Å². The molecule has 2 aromatic rings. The van der Waals surface area contributed by atoms with Crippen LogP contribution in [-0.2, 0) is 6.54 Å². The Morgan fingerprint density at radius 2 is 2.05 bits per heavy atom. The first-order chi connectivity index (χ1) is 10.1. The van der Waals surface area contributed by atoms with Gasteiger partial charge in [-0.2, -0.15) is 0 Å². The van der Waals surface area contributed by atoms with E-state index in [2.05, 4.69) is 5.32 Å². The van der Waals surface area contributed by atoms with Crippen LogP contribution in [0.1, 0.15) is 34.4 Å². The van der Waals surface area contributed by atoms with Gasteiger partial charge < -0.3 is 14.8 Å². The minimum atomic E-state index is -0.165. The molecule has 2 rings (SSSR count). The molecule has 1 aromatic carbocycles. The quantitative estimate of drug-likeness (QED) is 0.888. The highest BCUT2D eigenvalue weighted by Crippen LogP contribution is 2.17. The van der Waals surface area contributed by atoms with Crippen LogP contribution >= 0.6 is 0 Å². The Hall–Kier alpha value is -2.33. The maximum absolute atomic E-state index is 12.2. The Labute approximate surface area is 124 Å². The van der Waals surface area contributed by atoms with Crippen LogP contribution in [0.5, 0.6) is 0 Å². The zero-order valence-corrected chi connectivity index (χ0v) is 12.2. The Balaban J connectivity index is 2.06. The van der Waals surface area contributed by atoms with E-state index in [1.54, 1.807) is 26.0 Å². The average Bonchev–Trinajstić information content (AvgIpc) is 2.86. The number of aliphatic hydroxyl groups is 1. The zero-order valence-electron chi connectivity index (χ0n) is 12.2. The van der Waals surface area contributed by atoms with Crippen LogP contribution in [0.2, 0.25) is 0 Å². The van der Waals surface area contributed by atoms with Gasteiger partial charge in [0, 0.05) is 6.54 Å². The van der Waals surface area contributed by atoms with Gasteiger partial charge in [-0.1, -0.05) is 30.3 Å². The number of benzene rings is 1. The molecule has 0 atom stereocenters. The Morgan fingerprint density at radius 1 is 1.33 bits per heavy atom. The van der Waals surface area contributed by atoms with Gasteiger partial charge in [0.2, 0.25) is 0 Å². The maximum Gasteiger partial charge on any atom is 0.255 e. The SMILES string of the molecule is CC(=Cc1cc(C(=O)NCc2ccccc2)c(C)o1)CO. The summed E-state index contributed by atoms with van der Waals surface area (Å²) in [6.07, 6.45) is 1.72. The normalized spacial score (nSPS) is 11.5. The molecule has 2 N–H and O–H groups in total. The summed E-state index contributed by atoms with van der Waals surface area (Å²) in [5.41, 5.74) is 2.34. The lowest BCUT2D eigenvalue weighted by Crippen LogP contribution is -2.22. The van der Waals surface area contributed by atoms with Crippen molar-refractivity contribution in [3.63, 3.8) is 0 Å². The van der Waals surface area contributed by atoms with E-state index in [4.69, 9.17) is 9.52 Å². The number of rotatable bonds is 5. The van der Waals surface area contributed by atoms with E-state index in [0.29, 0.717) is 23.6 Å². The summed E-state index contributed by atoms with van der Waals surface area (Å²) in [5, 5.41) is 11.9. The second kappa shape index (κ2) is 6.90. The number of nitrogens with one attached hydrogen (secondary N) is 1. The largest absolute Gasteiger partial charge is 0.461 e. The molecule has 0 unspecified atom stereocenters. The molecule has 0 bridgehead atoms. The monoisotopic (exact) mass is 285 g/mol. The van der Waals surface area contributed by atoms with E-state index in [0.717, 1.165) is 11.1 Å². The minimum Gasteiger partial charge on any atom is -0.461 e. The number of aryl methyl sites for hydroxylation is 1. The highest BCUT2D eigenvalue weighted by molar-refractivity contribution is 5.95. The number of carbonyl (C=O) groups is 1. The lowest BCUT2D eigenvalue weighted by atomic mass is 10.2. The van der Waals surface area contributed by atoms with Gasteiger partial charge in [0.1, 0.15) is 11.5 Å². The summed E-state index contributed by atoms with van der Waals surface area (Å²) in [7, 11) is 0. The lowest BCUT2D eigenvalue weighted by molar-refractivity contribution is 0.0949. The molecule has 4 nitrogen and oxygen atoms in total. The third kappa shape index (κ3) is 4.07. The number of carbonyl (C=O) groups excluding carboxylic acids is 1. The van der Waals surface area contributed by atoms with Crippen LogP contribution in [0.15, 0.2) is 46.4 Å². The summed E-state index contributed by atoms with van der Waals surface area (Å²) in [6.45, 7) is 4.00. The predicted octanol–water partition coefficient (Wildman–Crippen LogP) is 2.91. The molecule has 110 valence electrons.